The number of nitrogens with zero attached hydrogens (tertiary/aromatic N) is 4. The maximum absolute atomic E-state index is 12.0. The average molecular weight is 318 g/mol. The van der Waals surface area contributed by atoms with Gasteiger partial charge >= 0.3 is 0 Å². The molecule has 0 N–H and O–H groups in total. The van der Waals surface area contributed by atoms with E-state index in [1.807, 2.05) is 6.07 Å². The number of rotatable bonds is 6. The van der Waals surface area contributed by atoms with Gasteiger partial charge in [-0.3, -0.25) is 9.69 Å². The molecule has 0 spiro atoms. The molecule has 126 valence electrons. The Bertz CT molecular complexity index is 587. The fourth-order valence-electron chi connectivity index (χ4n) is 3.52. The van der Waals surface area contributed by atoms with Crippen molar-refractivity contribution >= 4 is 0 Å². The van der Waals surface area contributed by atoms with Gasteiger partial charge in [-0.25, -0.2) is 4.68 Å². The second-order valence-electron chi connectivity index (χ2n) is 7.13. The molecule has 0 bridgehead atoms. The van der Waals surface area contributed by atoms with Gasteiger partial charge in [0.15, 0.2) is 0 Å². The summed E-state index contributed by atoms with van der Waals surface area (Å²) in [6.45, 7) is 9.07. The molecule has 3 heterocycles. The highest BCUT2D eigenvalue weighted by Gasteiger charge is 2.29. The van der Waals surface area contributed by atoms with Gasteiger partial charge in [-0.1, -0.05) is 0 Å². The summed E-state index contributed by atoms with van der Waals surface area (Å²) >= 11 is 0. The largest absolute Gasteiger partial charge is 0.379 e. The molecule has 4 rings (SSSR count). The van der Waals surface area contributed by atoms with E-state index >= 15 is 0 Å². The zero-order chi connectivity index (χ0) is 15.6. The third-order valence-electron chi connectivity index (χ3n) is 5.18. The molecule has 6 nitrogen and oxygen atoms in total. The van der Waals surface area contributed by atoms with E-state index < -0.39 is 0 Å². The first-order valence-corrected chi connectivity index (χ1v) is 8.88. The molecule has 2 aliphatic heterocycles. The Hall–Kier alpha value is -1.24. The summed E-state index contributed by atoms with van der Waals surface area (Å²) in [7, 11) is 0. The third-order valence-corrected chi connectivity index (χ3v) is 5.18. The molecule has 3 fully saturated rings. The normalized spacial score (nSPS) is 23.8. The third kappa shape index (κ3) is 3.82. The van der Waals surface area contributed by atoms with Gasteiger partial charge in [0, 0.05) is 57.2 Å². The van der Waals surface area contributed by atoms with Crippen molar-refractivity contribution in [2.24, 2.45) is 5.92 Å². The van der Waals surface area contributed by atoms with E-state index in [0.717, 1.165) is 64.7 Å². The Morgan fingerprint density at radius 1 is 1.09 bits per heavy atom. The van der Waals surface area contributed by atoms with Crippen molar-refractivity contribution in [2.75, 3.05) is 52.5 Å². The van der Waals surface area contributed by atoms with Crippen molar-refractivity contribution in [3.05, 3.63) is 28.2 Å². The number of ether oxygens (including phenoxy) is 1. The molecule has 2 saturated heterocycles. The van der Waals surface area contributed by atoms with E-state index in [1.54, 1.807) is 10.7 Å². The van der Waals surface area contributed by atoms with Crippen LogP contribution < -0.4 is 5.56 Å². The molecular weight excluding hydrogens is 292 g/mol. The first kappa shape index (κ1) is 15.3. The van der Waals surface area contributed by atoms with Crippen LogP contribution >= 0.6 is 0 Å². The minimum atomic E-state index is 0.0427. The highest BCUT2D eigenvalue weighted by atomic mass is 16.5. The highest BCUT2D eigenvalue weighted by Crippen LogP contribution is 2.38. The molecule has 0 aromatic carbocycles. The topological polar surface area (TPSA) is 50.6 Å². The van der Waals surface area contributed by atoms with Crippen LogP contribution in [-0.2, 0) is 11.3 Å². The van der Waals surface area contributed by atoms with E-state index in [0.29, 0.717) is 11.8 Å². The van der Waals surface area contributed by atoms with Crippen LogP contribution in [0.2, 0.25) is 0 Å². The second-order valence-corrected chi connectivity index (χ2v) is 7.13. The zero-order valence-corrected chi connectivity index (χ0v) is 13.7. The maximum atomic E-state index is 12.0. The van der Waals surface area contributed by atoms with E-state index in [-0.39, 0.29) is 5.56 Å². The van der Waals surface area contributed by atoms with Crippen LogP contribution in [0.15, 0.2) is 16.9 Å². The summed E-state index contributed by atoms with van der Waals surface area (Å²) in [6.07, 6.45) is 2.45. The lowest BCUT2D eigenvalue weighted by atomic mass is 10.0. The van der Waals surface area contributed by atoms with Crippen LogP contribution in [0.25, 0.3) is 0 Å². The first-order chi connectivity index (χ1) is 11.3. The predicted octanol–water partition coefficient (Wildman–Crippen LogP) is 0.385. The Labute approximate surface area is 137 Å². The van der Waals surface area contributed by atoms with Crippen molar-refractivity contribution < 1.29 is 4.74 Å². The quantitative estimate of drug-likeness (QED) is 0.759. The van der Waals surface area contributed by atoms with Crippen molar-refractivity contribution in [1.29, 1.82) is 0 Å². The Morgan fingerprint density at radius 3 is 2.57 bits per heavy atom. The van der Waals surface area contributed by atoms with E-state index in [1.165, 1.54) is 12.8 Å². The monoisotopic (exact) mass is 318 g/mol. The fraction of sp³-hybridized carbons (Fsp3) is 0.765. The summed E-state index contributed by atoms with van der Waals surface area (Å²) in [5.74, 6) is 1.17. The molecule has 0 radical (unpaired) electrons. The van der Waals surface area contributed by atoms with Crippen molar-refractivity contribution in [1.82, 2.24) is 19.6 Å². The van der Waals surface area contributed by atoms with Crippen LogP contribution in [-0.4, -0.2) is 72.1 Å². The van der Waals surface area contributed by atoms with Gasteiger partial charge in [-0.2, -0.15) is 5.10 Å². The van der Waals surface area contributed by atoms with Gasteiger partial charge in [-0.05, 0) is 18.9 Å². The van der Waals surface area contributed by atoms with Gasteiger partial charge in [0.05, 0.1) is 25.5 Å². The lowest BCUT2D eigenvalue weighted by Gasteiger charge is -2.40. The summed E-state index contributed by atoms with van der Waals surface area (Å²) in [4.78, 5) is 16.9. The number of hydrogen-bond acceptors (Lipinski definition) is 5. The van der Waals surface area contributed by atoms with E-state index in [9.17, 15) is 4.79 Å². The number of likely N-dealkylation sites (tertiary alicyclic amines) is 1. The van der Waals surface area contributed by atoms with Gasteiger partial charge in [-0.15, -0.1) is 0 Å². The first-order valence-electron chi connectivity index (χ1n) is 8.88. The Balaban J connectivity index is 1.23. The Kier molecular flexibility index (Phi) is 4.46. The molecule has 6 heteroatoms. The minimum absolute atomic E-state index is 0.0427. The summed E-state index contributed by atoms with van der Waals surface area (Å²) in [5, 5.41) is 4.56. The van der Waals surface area contributed by atoms with Gasteiger partial charge in [0.2, 0.25) is 0 Å². The van der Waals surface area contributed by atoms with Crippen LogP contribution in [0.3, 0.4) is 0 Å². The van der Waals surface area contributed by atoms with Crippen LogP contribution in [0, 0.1) is 5.92 Å². The molecule has 0 unspecified atom stereocenters. The maximum Gasteiger partial charge on any atom is 0.266 e. The molecule has 1 saturated carbocycles. The summed E-state index contributed by atoms with van der Waals surface area (Å²) < 4.78 is 7.07. The predicted molar refractivity (Wildman–Crippen MR) is 87.7 cm³/mol. The second kappa shape index (κ2) is 6.71. The van der Waals surface area contributed by atoms with Crippen LogP contribution in [0.4, 0.5) is 0 Å². The highest BCUT2D eigenvalue weighted by molar-refractivity contribution is 5.12. The zero-order valence-electron chi connectivity index (χ0n) is 13.7. The summed E-state index contributed by atoms with van der Waals surface area (Å²) in [6, 6.07) is 3.60. The van der Waals surface area contributed by atoms with Crippen LogP contribution in [0.1, 0.15) is 24.5 Å². The summed E-state index contributed by atoms with van der Waals surface area (Å²) in [5.41, 5.74) is 1.15. The van der Waals surface area contributed by atoms with Crippen molar-refractivity contribution in [3.63, 3.8) is 0 Å². The molecule has 1 aliphatic carbocycles. The van der Waals surface area contributed by atoms with E-state index in [2.05, 4.69) is 14.9 Å². The smallest absolute Gasteiger partial charge is 0.266 e. The number of aromatic nitrogens is 2. The van der Waals surface area contributed by atoms with Crippen LogP contribution in [0.5, 0.6) is 0 Å². The van der Waals surface area contributed by atoms with Gasteiger partial charge in [0.25, 0.3) is 5.56 Å². The molecule has 1 aromatic heterocycles. The number of hydrogen-bond donors (Lipinski definition) is 0. The van der Waals surface area contributed by atoms with Crippen molar-refractivity contribution in [3.8, 4) is 0 Å². The minimum Gasteiger partial charge on any atom is -0.379 e. The lowest BCUT2D eigenvalue weighted by Crippen LogP contribution is -2.52. The van der Waals surface area contributed by atoms with Gasteiger partial charge < -0.3 is 9.64 Å². The molecule has 1 aromatic rings. The average Bonchev–Trinajstić information content (AvgIpc) is 3.37. The SMILES string of the molecule is O=c1ccc(C2CC2)nn1CC1CN(CCN2CCOCC2)C1. The lowest BCUT2D eigenvalue weighted by molar-refractivity contribution is 0.0202. The molecule has 0 amide bonds. The van der Waals surface area contributed by atoms with Gasteiger partial charge in [0.1, 0.15) is 0 Å². The van der Waals surface area contributed by atoms with E-state index in [4.69, 9.17) is 4.74 Å². The van der Waals surface area contributed by atoms with Crippen molar-refractivity contribution in [2.45, 2.75) is 25.3 Å². The molecule has 23 heavy (non-hydrogen) atoms. The standard InChI is InChI=1S/C17H26N4O2/c22-17-4-3-16(15-1-2-15)18-21(17)13-14-11-20(12-14)6-5-19-7-9-23-10-8-19/h3-4,14-15H,1-2,5-13H2. The molecule has 3 aliphatic rings. The molecule has 0 atom stereocenters. The molecular formula is C17H26N4O2. The number of morpholine rings is 1. The fourth-order valence-corrected chi connectivity index (χ4v) is 3.52. The Morgan fingerprint density at radius 2 is 1.83 bits per heavy atom.